The first-order chi connectivity index (χ1) is 17.0. The number of rotatable bonds is 22. The SMILES string of the molecule is CCCCCCCCCCCCCOC(=O)CCCCCCCCC(=O)Oc1cc(Cl)ccc1Cl. The van der Waals surface area contributed by atoms with E-state index in [4.69, 9.17) is 32.7 Å². The molecule has 0 heterocycles. The first kappa shape index (κ1) is 31.8. The van der Waals surface area contributed by atoms with Crippen LogP contribution in [0.2, 0.25) is 10.0 Å². The molecule has 0 aromatic heterocycles. The summed E-state index contributed by atoms with van der Waals surface area (Å²) in [7, 11) is 0. The molecule has 0 radical (unpaired) electrons. The van der Waals surface area contributed by atoms with E-state index in [1.165, 1.54) is 57.8 Å². The summed E-state index contributed by atoms with van der Waals surface area (Å²) in [6.07, 6.45) is 20.8. The number of carbonyl (C=O) groups excluding carboxylic acids is 2. The number of hydrogen-bond donors (Lipinski definition) is 0. The Morgan fingerprint density at radius 1 is 0.657 bits per heavy atom. The molecular weight excluding hydrogens is 483 g/mol. The van der Waals surface area contributed by atoms with Gasteiger partial charge in [-0.3, -0.25) is 9.59 Å². The first-order valence-electron chi connectivity index (χ1n) is 13.8. The largest absolute Gasteiger partial charge is 0.466 e. The normalized spacial score (nSPS) is 10.9. The van der Waals surface area contributed by atoms with Crippen LogP contribution in [0.5, 0.6) is 5.75 Å². The van der Waals surface area contributed by atoms with Gasteiger partial charge in [-0.25, -0.2) is 0 Å². The van der Waals surface area contributed by atoms with Crippen molar-refractivity contribution < 1.29 is 19.1 Å². The molecule has 0 bridgehead atoms. The molecule has 200 valence electrons. The van der Waals surface area contributed by atoms with Crippen molar-refractivity contribution in [3.8, 4) is 5.75 Å². The molecule has 1 aromatic carbocycles. The Bertz CT molecular complexity index is 693. The van der Waals surface area contributed by atoms with Crippen molar-refractivity contribution in [1.29, 1.82) is 0 Å². The average Bonchev–Trinajstić information content (AvgIpc) is 2.83. The Labute approximate surface area is 223 Å². The molecule has 0 saturated carbocycles. The van der Waals surface area contributed by atoms with Gasteiger partial charge in [-0.05, 0) is 31.4 Å². The van der Waals surface area contributed by atoms with Gasteiger partial charge in [0, 0.05) is 23.9 Å². The maximum Gasteiger partial charge on any atom is 0.311 e. The summed E-state index contributed by atoms with van der Waals surface area (Å²) in [4.78, 5) is 23.8. The van der Waals surface area contributed by atoms with Crippen LogP contribution in [-0.4, -0.2) is 18.5 Å². The Hall–Kier alpha value is -1.26. The summed E-state index contributed by atoms with van der Waals surface area (Å²) >= 11 is 11.9. The van der Waals surface area contributed by atoms with E-state index >= 15 is 0 Å². The highest BCUT2D eigenvalue weighted by atomic mass is 35.5. The van der Waals surface area contributed by atoms with Gasteiger partial charge in [0.15, 0.2) is 5.75 Å². The molecule has 0 aliphatic heterocycles. The van der Waals surface area contributed by atoms with E-state index in [-0.39, 0.29) is 11.9 Å². The fourth-order valence-corrected chi connectivity index (χ4v) is 4.32. The van der Waals surface area contributed by atoms with Gasteiger partial charge in [-0.15, -0.1) is 0 Å². The van der Waals surface area contributed by atoms with Crippen molar-refractivity contribution >= 4 is 35.1 Å². The van der Waals surface area contributed by atoms with E-state index in [1.54, 1.807) is 18.2 Å². The standard InChI is InChI=1S/C29H46Cl2O4/c1-2-3-4-5-6-7-8-9-12-15-18-23-34-28(32)19-16-13-10-11-14-17-20-29(33)35-27-24-25(30)21-22-26(27)31/h21-22,24H,2-20,23H2,1H3. The summed E-state index contributed by atoms with van der Waals surface area (Å²) in [5.74, 6) is -0.0613. The third-order valence-corrected chi connectivity index (χ3v) is 6.69. The monoisotopic (exact) mass is 528 g/mol. The number of hydrogen-bond acceptors (Lipinski definition) is 4. The zero-order valence-corrected chi connectivity index (χ0v) is 23.3. The Morgan fingerprint density at radius 2 is 1.14 bits per heavy atom. The van der Waals surface area contributed by atoms with Crippen LogP contribution in [0.25, 0.3) is 0 Å². The van der Waals surface area contributed by atoms with E-state index in [0.717, 1.165) is 51.4 Å². The molecule has 35 heavy (non-hydrogen) atoms. The van der Waals surface area contributed by atoms with Crippen LogP contribution in [0.3, 0.4) is 0 Å². The predicted molar refractivity (Wildman–Crippen MR) is 146 cm³/mol. The second kappa shape index (κ2) is 22.0. The topological polar surface area (TPSA) is 52.6 Å². The maximum absolute atomic E-state index is 11.9. The summed E-state index contributed by atoms with van der Waals surface area (Å²) < 4.78 is 10.6. The minimum atomic E-state index is -0.297. The molecule has 0 unspecified atom stereocenters. The molecule has 0 aliphatic rings. The number of ether oxygens (including phenoxy) is 2. The highest BCUT2D eigenvalue weighted by molar-refractivity contribution is 6.34. The van der Waals surface area contributed by atoms with Gasteiger partial charge >= 0.3 is 11.9 Å². The fraction of sp³-hybridized carbons (Fsp3) is 0.724. The highest BCUT2D eigenvalue weighted by Gasteiger charge is 2.09. The second-order valence-electron chi connectivity index (χ2n) is 9.43. The van der Waals surface area contributed by atoms with Crippen molar-refractivity contribution in [2.45, 2.75) is 129 Å². The second-order valence-corrected chi connectivity index (χ2v) is 10.3. The summed E-state index contributed by atoms with van der Waals surface area (Å²) in [5.41, 5.74) is 0. The van der Waals surface area contributed by atoms with Gasteiger partial charge in [0.1, 0.15) is 0 Å². The third kappa shape index (κ3) is 18.6. The van der Waals surface area contributed by atoms with Crippen LogP contribution >= 0.6 is 23.2 Å². The summed E-state index contributed by atoms with van der Waals surface area (Å²) in [5, 5.41) is 0.857. The van der Waals surface area contributed by atoms with Gasteiger partial charge in [-0.2, -0.15) is 0 Å². The number of esters is 2. The molecule has 4 nitrogen and oxygen atoms in total. The lowest BCUT2D eigenvalue weighted by Crippen LogP contribution is -2.07. The van der Waals surface area contributed by atoms with E-state index in [1.807, 2.05) is 0 Å². The van der Waals surface area contributed by atoms with E-state index in [2.05, 4.69) is 6.92 Å². The fourth-order valence-electron chi connectivity index (χ4n) is 4.00. The molecule has 0 saturated heterocycles. The molecule has 0 atom stereocenters. The number of benzene rings is 1. The average molecular weight is 530 g/mol. The van der Waals surface area contributed by atoms with Crippen LogP contribution < -0.4 is 4.74 Å². The maximum atomic E-state index is 11.9. The smallest absolute Gasteiger partial charge is 0.311 e. The third-order valence-electron chi connectivity index (χ3n) is 6.14. The molecule has 1 rings (SSSR count). The zero-order chi connectivity index (χ0) is 25.6. The summed E-state index contributed by atoms with van der Waals surface area (Å²) in [6.45, 7) is 2.82. The molecule has 0 N–H and O–H groups in total. The van der Waals surface area contributed by atoms with Gasteiger partial charge < -0.3 is 9.47 Å². The van der Waals surface area contributed by atoms with Crippen LogP contribution in [-0.2, 0) is 14.3 Å². The lowest BCUT2D eigenvalue weighted by Gasteiger charge is -2.07. The molecule has 0 amide bonds. The number of unbranched alkanes of at least 4 members (excludes halogenated alkanes) is 15. The quantitative estimate of drug-likeness (QED) is 0.0852. The molecule has 6 heteroatoms. The van der Waals surface area contributed by atoms with E-state index in [0.29, 0.717) is 35.2 Å². The van der Waals surface area contributed by atoms with Crippen LogP contribution in [0, 0.1) is 0 Å². The molecule has 1 aromatic rings. The van der Waals surface area contributed by atoms with Gasteiger partial charge in [0.05, 0.1) is 11.6 Å². The van der Waals surface area contributed by atoms with Crippen LogP contribution in [0.15, 0.2) is 18.2 Å². The molecular formula is C29H46Cl2O4. The Balaban J connectivity index is 1.85. The number of carbonyl (C=O) groups is 2. The highest BCUT2D eigenvalue weighted by Crippen LogP contribution is 2.28. The molecule has 0 fully saturated rings. The van der Waals surface area contributed by atoms with Crippen molar-refractivity contribution in [1.82, 2.24) is 0 Å². The minimum absolute atomic E-state index is 0.0699. The van der Waals surface area contributed by atoms with Crippen molar-refractivity contribution in [3.63, 3.8) is 0 Å². The minimum Gasteiger partial charge on any atom is -0.466 e. The lowest BCUT2D eigenvalue weighted by atomic mass is 10.1. The Kier molecular flexibility index (Phi) is 19.9. The zero-order valence-electron chi connectivity index (χ0n) is 21.8. The summed E-state index contributed by atoms with van der Waals surface area (Å²) in [6, 6.07) is 4.81. The van der Waals surface area contributed by atoms with E-state index < -0.39 is 0 Å². The molecule has 0 aliphatic carbocycles. The van der Waals surface area contributed by atoms with Crippen molar-refractivity contribution in [2.24, 2.45) is 0 Å². The van der Waals surface area contributed by atoms with Gasteiger partial charge in [0.2, 0.25) is 0 Å². The van der Waals surface area contributed by atoms with Crippen molar-refractivity contribution in [2.75, 3.05) is 6.61 Å². The van der Waals surface area contributed by atoms with Crippen LogP contribution in [0.4, 0.5) is 0 Å². The van der Waals surface area contributed by atoms with Crippen molar-refractivity contribution in [3.05, 3.63) is 28.2 Å². The lowest BCUT2D eigenvalue weighted by molar-refractivity contribution is -0.144. The first-order valence-corrected chi connectivity index (χ1v) is 14.6. The van der Waals surface area contributed by atoms with Crippen LogP contribution in [0.1, 0.15) is 129 Å². The number of halogens is 2. The molecule has 0 spiro atoms. The van der Waals surface area contributed by atoms with Gasteiger partial charge in [0.25, 0.3) is 0 Å². The van der Waals surface area contributed by atoms with E-state index in [9.17, 15) is 9.59 Å². The Morgan fingerprint density at radius 3 is 1.71 bits per heavy atom. The predicted octanol–water partition coefficient (Wildman–Crippen LogP) is 9.87. The van der Waals surface area contributed by atoms with Gasteiger partial charge in [-0.1, -0.05) is 120 Å².